The molecular weight excluding hydrogens is 350 g/mol. The number of benzene rings is 2. The van der Waals surface area contributed by atoms with Crippen molar-refractivity contribution in [3.8, 4) is 0 Å². The Bertz CT molecular complexity index is 804. The molecule has 28 heavy (non-hydrogen) atoms. The van der Waals surface area contributed by atoms with Crippen LogP contribution < -0.4 is 16.0 Å². The molecule has 0 heterocycles. The number of anilines is 2. The summed E-state index contributed by atoms with van der Waals surface area (Å²) in [6, 6.07) is 13.5. The molecule has 0 atom stereocenters. The Balaban J connectivity index is 1.48. The largest absolute Gasteiger partial charge is 0.376 e. The van der Waals surface area contributed by atoms with Crippen molar-refractivity contribution in [2.45, 2.75) is 52.0 Å². The second-order valence-electron chi connectivity index (χ2n) is 7.66. The maximum atomic E-state index is 12.4. The Morgan fingerprint density at radius 2 is 1.54 bits per heavy atom. The van der Waals surface area contributed by atoms with Gasteiger partial charge in [-0.2, -0.15) is 0 Å². The van der Waals surface area contributed by atoms with Crippen molar-refractivity contribution in [2.24, 2.45) is 0 Å². The number of rotatable bonds is 6. The summed E-state index contributed by atoms with van der Waals surface area (Å²) in [5.41, 5.74) is 4.50. The fraction of sp³-hybridized carbons (Fsp3) is 0.391. The number of hydrogen-bond acceptors (Lipinski definition) is 3. The molecule has 3 N–H and O–H groups in total. The lowest BCUT2D eigenvalue weighted by atomic mass is 9.95. The van der Waals surface area contributed by atoms with Gasteiger partial charge in [-0.15, -0.1) is 0 Å². The summed E-state index contributed by atoms with van der Waals surface area (Å²) in [4.78, 5) is 24.5. The first-order chi connectivity index (χ1) is 13.5. The Morgan fingerprint density at radius 1 is 0.893 bits per heavy atom. The van der Waals surface area contributed by atoms with E-state index in [-0.39, 0.29) is 18.4 Å². The van der Waals surface area contributed by atoms with Crippen LogP contribution in [0.3, 0.4) is 0 Å². The van der Waals surface area contributed by atoms with Crippen LogP contribution in [0.4, 0.5) is 11.4 Å². The van der Waals surface area contributed by atoms with Crippen LogP contribution in [0.5, 0.6) is 0 Å². The maximum absolute atomic E-state index is 12.4. The van der Waals surface area contributed by atoms with E-state index in [1.807, 2.05) is 38.1 Å². The van der Waals surface area contributed by atoms with Crippen LogP contribution in [0.1, 0.15) is 53.6 Å². The third-order valence-corrected chi connectivity index (χ3v) is 5.05. The van der Waals surface area contributed by atoms with Gasteiger partial charge in [-0.1, -0.05) is 25.3 Å². The molecule has 3 rings (SSSR count). The van der Waals surface area contributed by atoms with Crippen molar-refractivity contribution in [3.05, 3.63) is 59.2 Å². The average molecular weight is 380 g/mol. The first kappa shape index (κ1) is 19.9. The van der Waals surface area contributed by atoms with Crippen LogP contribution in [0, 0.1) is 13.8 Å². The SMILES string of the molecule is Cc1cc(C)cc(NC(=O)CNc2ccc(C(=O)NC3CCCCC3)cc2)c1. The van der Waals surface area contributed by atoms with Gasteiger partial charge in [0.1, 0.15) is 0 Å². The van der Waals surface area contributed by atoms with E-state index in [9.17, 15) is 9.59 Å². The van der Waals surface area contributed by atoms with E-state index in [1.165, 1.54) is 19.3 Å². The van der Waals surface area contributed by atoms with E-state index in [1.54, 1.807) is 12.1 Å². The standard InChI is InChI=1S/C23H29N3O2/c1-16-12-17(2)14-21(13-16)25-22(27)15-24-19-10-8-18(9-11-19)23(28)26-20-6-4-3-5-7-20/h8-14,20,24H,3-7,15H2,1-2H3,(H,25,27)(H,26,28). The molecule has 1 fully saturated rings. The fourth-order valence-corrected chi connectivity index (χ4v) is 3.69. The van der Waals surface area contributed by atoms with Crippen molar-refractivity contribution in [1.29, 1.82) is 0 Å². The van der Waals surface area contributed by atoms with Crippen molar-refractivity contribution in [2.75, 3.05) is 17.2 Å². The lowest BCUT2D eigenvalue weighted by Crippen LogP contribution is -2.36. The Kier molecular flexibility index (Phi) is 6.69. The third kappa shape index (κ3) is 5.84. The Hall–Kier alpha value is -2.82. The van der Waals surface area contributed by atoms with Gasteiger partial charge >= 0.3 is 0 Å². The molecule has 1 saturated carbocycles. The highest BCUT2D eigenvalue weighted by molar-refractivity contribution is 5.95. The van der Waals surface area contributed by atoms with Crippen molar-refractivity contribution in [3.63, 3.8) is 0 Å². The second kappa shape index (κ2) is 9.40. The molecule has 0 unspecified atom stereocenters. The zero-order valence-corrected chi connectivity index (χ0v) is 16.7. The van der Waals surface area contributed by atoms with Gasteiger partial charge in [0.25, 0.3) is 5.91 Å². The van der Waals surface area contributed by atoms with Crippen LogP contribution in [0.25, 0.3) is 0 Å². The lowest BCUT2D eigenvalue weighted by molar-refractivity contribution is -0.114. The molecule has 0 bridgehead atoms. The van der Waals surface area contributed by atoms with Crippen molar-refractivity contribution in [1.82, 2.24) is 5.32 Å². The van der Waals surface area contributed by atoms with Gasteiger partial charge < -0.3 is 16.0 Å². The maximum Gasteiger partial charge on any atom is 0.251 e. The van der Waals surface area contributed by atoms with Gasteiger partial charge in [-0.05, 0) is 74.2 Å². The third-order valence-electron chi connectivity index (χ3n) is 5.05. The zero-order valence-electron chi connectivity index (χ0n) is 16.7. The van der Waals surface area contributed by atoms with Crippen LogP contribution in [0.15, 0.2) is 42.5 Å². The molecule has 1 aliphatic rings. The molecular formula is C23H29N3O2. The highest BCUT2D eigenvalue weighted by atomic mass is 16.2. The van der Waals surface area contributed by atoms with Gasteiger partial charge in [0.15, 0.2) is 0 Å². The first-order valence-electron chi connectivity index (χ1n) is 10.0. The van der Waals surface area contributed by atoms with E-state index in [0.29, 0.717) is 11.6 Å². The monoisotopic (exact) mass is 379 g/mol. The summed E-state index contributed by atoms with van der Waals surface area (Å²) in [5.74, 6) is -0.130. The average Bonchev–Trinajstić information content (AvgIpc) is 2.67. The number of carbonyl (C=O) groups is 2. The Labute approximate surface area is 166 Å². The van der Waals surface area contributed by atoms with Gasteiger partial charge in [0.05, 0.1) is 6.54 Å². The summed E-state index contributed by atoms with van der Waals surface area (Å²) in [6.07, 6.45) is 5.79. The van der Waals surface area contributed by atoms with Crippen LogP contribution in [0.2, 0.25) is 0 Å². The summed E-state index contributed by atoms with van der Waals surface area (Å²) in [7, 11) is 0. The number of aryl methyl sites for hydroxylation is 2. The van der Waals surface area contributed by atoms with Crippen LogP contribution in [-0.2, 0) is 4.79 Å². The summed E-state index contributed by atoms with van der Waals surface area (Å²) in [5, 5.41) is 9.12. The normalized spacial score (nSPS) is 14.4. The van der Waals surface area contributed by atoms with E-state index in [4.69, 9.17) is 0 Å². The van der Waals surface area contributed by atoms with E-state index in [2.05, 4.69) is 22.0 Å². The van der Waals surface area contributed by atoms with Gasteiger partial charge in [-0.25, -0.2) is 0 Å². The summed E-state index contributed by atoms with van der Waals surface area (Å²) < 4.78 is 0. The molecule has 0 radical (unpaired) electrons. The molecule has 148 valence electrons. The molecule has 0 spiro atoms. The molecule has 2 aromatic rings. The van der Waals surface area contributed by atoms with Gasteiger partial charge in [0.2, 0.25) is 5.91 Å². The molecule has 5 heteroatoms. The molecule has 5 nitrogen and oxygen atoms in total. The van der Waals surface area contributed by atoms with E-state index < -0.39 is 0 Å². The lowest BCUT2D eigenvalue weighted by Gasteiger charge is -2.22. The minimum Gasteiger partial charge on any atom is -0.376 e. The summed E-state index contributed by atoms with van der Waals surface area (Å²) in [6.45, 7) is 4.18. The summed E-state index contributed by atoms with van der Waals surface area (Å²) >= 11 is 0. The topological polar surface area (TPSA) is 70.2 Å². The van der Waals surface area contributed by atoms with Gasteiger partial charge in [0, 0.05) is 23.0 Å². The molecule has 0 aliphatic heterocycles. The smallest absolute Gasteiger partial charge is 0.251 e. The van der Waals surface area contributed by atoms with Crippen LogP contribution >= 0.6 is 0 Å². The van der Waals surface area contributed by atoms with Crippen molar-refractivity contribution < 1.29 is 9.59 Å². The fourth-order valence-electron chi connectivity index (χ4n) is 3.69. The quantitative estimate of drug-likeness (QED) is 0.696. The molecule has 2 amide bonds. The minimum absolute atomic E-state index is 0.0222. The molecule has 1 aliphatic carbocycles. The number of carbonyl (C=O) groups excluding carboxylic acids is 2. The predicted octanol–water partition coefficient (Wildman–Crippen LogP) is 4.42. The number of hydrogen-bond donors (Lipinski definition) is 3. The number of amides is 2. The predicted molar refractivity (Wildman–Crippen MR) is 114 cm³/mol. The molecule has 2 aromatic carbocycles. The van der Waals surface area contributed by atoms with Gasteiger partial charge in [-0.3, -0.25) is 9.59 Å². The highest BCUT2D eigenvalue weighted by Crippen LogP contribution is 2.18. The first-order valence-corrected chi connectivity index (χ1v) is 10.0. The highest BCUT2D eigenvalue weighted by Gasteiger charge is 2.16. The van der Waals surface area contributed by atoms with E-state index >= 15 is 0 Å². The molecule has 0 saturated heterocycles. The Morgan fingerprint density at radius 3 is 2.18 bits per heavy atom. The van der Waals surface area contributed by atoms with E-state index in [0.717, 1.165) is 35.3 Å². The zero-order chi connectivity index (χ0) is 19.9. The van der Waals surface area contributed by atoms with Crippen LogP contribution in [-0.4, -0.2) is 24.4 Å². The number of nitrogens with one attached hydrogen (secondary N) is 3. The minimum atomic E-state index is -0.107. The van der Waals surface area contributed by atoms with Crippen molar-refractivity contribution >= 4 is 23.2 Å². The molecule has 0 aromatic heterocycles. The second-order valence-corrected chi connectivity index (χ2v) is 7.66.